The summed E-state index contributed by atoms with van der Waals surface area (Å²) in [6.07, 6.45) is -2.17. The van der Waals surface area contributed by atoms with Gasteiger partial charge < -0.3 is 40.1 Å². The van der Waals surface area contributed by atoms with Gasteiger partial charge in [-0.2, -0.15) is 0 Å². The van der Waals surface area contributed by atoms with E-state index in [1.54, 1.807) is 66.1 Å². The van der Waals surface area contributed by atoms with E-state index in [2.05, 4.69) is 5.32 Å². The number of benzene rings is 4. The zero-order chi connectivity index (χ0) is 39.5. The number of carbonyl (C=O) groups excluding carboxylic acids is 2. The summed E-state index contributed by atoms with van der Waals surface area (Å²) in [6, 6.07) is 28.9. The number of nitrogens with one attached hydrogen (secondary N) is 1. The van der Waals surface area contributed by atoms with Crippen LogP contribution in [-0.4, -0.2) is 88.0 Å². The van der Waals surface area contributed by atoms with Crippen molar-refractivity contribution in [1.82, 2.24) is 15.1 Å². The van der Waals surface area contributed by atoms with Crippen LogP contribution in [0.25, 0.3) is 0 Å². The Hall–Kier alpha value is -5.04. The number of amides is 3. The molecular weight excluding hydrogens is 719 g/mol. The van der Waals surface area contributed by atoms with Crippen molar-refractivity contribution in [1.29, 1.82) is 0 Å². The number of anilines is 1. The van der Waals surface area contributed by atoms with Gasteiger partial charge in [-0.3, -0.25) is 20.5 Å². The quantitative estimate of drug-likeness (QED) is 0.0403. The minimum atomic E-state index is -3.36. The highest BCUT2D eigenvalue weighted by Crippen LogP contribution is 2.47. The molecule has 0 aliphatic carbocycles. The first-order valence-corrected chi connectivity index (χ1v) is 20.2. The molecule has 4 atom stereocenters. The van der Waals surface area contributed by atoms with Gasteiger partial charge in [-0.1, -0.05) is 78.9 Å². The molecule has 55 heavy (non-hydrogen) atoms. The van der Waals surface area contributed by atoms with E-state index in [0.717, 1.165) is 11.1 Å². The van der Waals surface area contributed by atoms with Crippen molar-refractivity contribution < 1.29 is 38.8 Å². The van der Waals surface area contributed by atoms with Gasteiger partial charge in [0.05, 0.1) is 37.0 Å². The molecule has 1 fully saturated rings. The fourth-order valence-electron chi connectivity index (χ4n) is 6.94. The maximum Gasteiger partial charge on any atom is 0.332 e. The molecule has 1 saturated heterocycles. The number of aliphatic hydroxyl groups is 2. The monoisotopic (exact) mass is 771 g/mol. The van der Waals surface area contributed by atoms with Gasteiger partial charge in [-0.05, 0) is 73.2 Å². The highest BCUT2D eigenvalue weighted by molar-refractivity contribution is 7.53. The maximum atomic E-state index is 15.1. The van der Waals surface area contributed by atoms with Crippen LogP contribution in [-0.2, 0) is 39.5 Å². The van der Waals surface area contributed by atoms with Gasteiger partial charge in [0.2, 0.25) is 0 Å². The molecule has 0 radical (unpaired) electrons. The lowest BCUT2D eigenvalue weighted by atomic mass is 9.90. The Bertz CT molecular complexity index is 1960. The molecule has 13 nitrogen and oxygen atoms in total. The van der Waals surface area contributed by atoms with Crippen LogP contribution in [0.2, 0.25) is 0 Å². The van der Waals surface area contributed by atoms with E-state index in [-0.39, 0.29) is 57.7 Å². The second kappa shape index (κ2) is 19.0. The van der Waals surface area contributed by atoms with Crippen molar-refractivity contribution in [3.63, 3.8) is 0 Å². The largest absolute Gasteiger partial charge is 0.398 e. The van der Waals surface area contributed by atoms with Crippen molar-refractivity contribution in [3.8, 4) is 0 Å². The molecule has 0 bridgehead atoms. The fraction of sp³-hybridized carbons (Fsp3) is 0.341. The maximum absolute atomic E-state index is 15.1. The summed E-state index contributed by atoms with van der Waals surface area (Å²) in [5.74, 6) is -0.372. The lowest BCUT2D eigenvalue weighted by Crippen LogP contribution is -2.50. The molecule has 0 spiro atoms. The average Bonchev–Trinajstić information content (AvgIpc) is 3.23. The molecular formula is C41H52N6O7P+. The molecule has 0 aromatic heterocycles. The summed E-state index contributed by atoms with van der Waals surface area (Å²) in [7, 11) is -3.36. The number of aliphatic hydroxyl groups excluding tert-OH is 2. The van der Waals surface area contributed by atoms with Gasteiger partial charge in [-0.15, -0.1) is 0 Å². The van der Waals surface area contributed by atoms with E-state index in [1.807, 2.05) is 60.7 Å². The molecule has 9 N–H and O–H groups in total. The Morgan fingerprint density at radius 2 is 1.29 bits per heavy atom. The van der Waals surface area contributed by atoms with Gasteiger partial charge >= 0.3 is 13.6 Å². The van der Waals surface area contributed by atoms with Crippen molar-refractivity contribution >= 4 is 31.1 Å². The van der Waals surface area contributed by atoms with E-state index < -0.39 is 43.8 Å². The van der Waals surface area contributed by atoms with Crippen LogP contribution in [0.3, 0.4) is 0 Å². The van der Waals surface area contributed by atoms with E-state index in [4.69, 9.17) is 25.9 Å². The number of nitrogens with zero attached hydrogens (tertiary/aromatic N) is 2. The Morgan fingerprint density at radius 1 is 0.782 bits per heavy atom. The Labute approximate surface area is 322 Å². The minimum Gasteiger partial charge on any atom is -0.398 e. The third-order valence-electron chi connectivity index (χ3n) is 9.65. The number of nitrogens with two attached hydrogens (primary N) is 3. The van der Waals surface area contributed by atoms with E-state index in [0.29, 0.717) is 27.9 Å². The smallest absolute Gasteiger partial charge is 0.332 e. The summed E-state index contributed by atoms with van der Waals surface area (Å²) in [5, 5.41) is 32.9. The first-order chi connectivity index (χ1) is 26.4. The van der Waals surface area contributed by atoms with Gasteiger partial charge in [0, 0.05) is 30.9 Å². The fourth-order valence-corrected chi connectivity index (χ4v) is 8.44. The molecule has 4 aromatic carbocycles. The van der Waals surface area contributed by atoms with Crippen LogP contribution in [0.1, 0.15) is 52.0 Å². The normalized spacial score (nSPS) is 18.9. The van der Waals surface area contributed by atoms with Crippen molar-refractivity contribution in [2.45, 2.75) is 64.1 Å². The number of rotatable bonds is 17. The Morgan fingerprint density at radius 3 is 1.80 bits per heavy atom. The summed E-state index contributed by atoms with van der Waals surface area (Å²) < 4.78 is 23.6. The van der Waals surface area contributed by atoms with E-state index in [9.17, 15) is 19.6 Å². The molecule has 14 heteroatoms. The number of nitrogen functional groups attached to an aromatic ring is 1. The van der Waals surface area contributed by atoms with Gasteiger partial charge in [-0.25, -0.2) is 4.79 Å². The first kappa shape index (κ1) is 41.1. The number of urea groups is 1. The minimum absolute atomic E-state index is 0.00909. The number of amidine groups is 1. The summed E-state index contributed by atoms with van der Waals surface area (Å²) >= 11 is 0. The van der Waals surface area contributed by atoms with Gasteiger partial charge in [0.1, 0.15) is 12.2 Å². The van der Waals surface area contributed by atoms with Crippen LogP contribution in [0, 0.1) is 0 Å². The van der Waals surface area contributed by atoms with E-state index in [1.165, 1.54) is 0 Å². The van der Waals surface area contributed by atoms with Crippen LogP contribution >= 0.6 is 7.60 Å². The predicted octanol–water partition coefficient (Wildman–Crippen LogP) is 3.11. The van der Waals surface area contributed by atoms with Crippen molar-refractivity contribution in [3.05, 3.63) is 137 Å². The summed E-state index contributed by atoms with van der Waals surface area (Å²) in [4.78, 5) is 31.6. The number of hydrogen-bond donors (Lipinski definition) is 6. The third-order valence-corrected chi connectivity index (χ3v) is 11.7. The zero-order valence-electron chi connectivity index (χ0n) is 31.3. The third kappa shape index (κ3) is 10.6. The molecule has 0 unspecified atom stereocenters. The Balaban J connectivity index is 1.51. The zero-order valence-corrected chi connectivity index (χ0v) is 32.2. The van der Waals surface area contributed by atoms with Crippen molar-refractivity contribution in [2.75, 3.05) is 31.7 Å². The number of carbonyl (C=O) groups is 2. The molecule has 4 aromatic rings. The molecule has 3 amide bonds. The molecule has 292 valence electrons. The van der Waals surface area contributed by atoms with Crippen LogP contribution in [0.4, 0.5) is 10.5 Å². The predicted molar refractivity (Wildman–Crippen MR) is 212 cm³/mol. The average molecular weight is 772 g/mol. The van der Waals surface area contributed by atoms with Gasteiger partial charge in [0.25, 0.3) is 11.7 Å². The lowest BCUT2D eigenvalue weighted by Gasteiger charge is -2.36. The van der Waals surface area contributed by atoms with E-state index >= 15 is 4.79 Å². The molecule has 1 aliphatic heterocycles. The molecule has 0 saturated carbocycles. The van der Waals surface area contributed by atoms with Crippen LogP contribution in [0.5, 0.6) is 0 Å². The highest BCUT2D eigenvalue weighted by Gasteiger charge is 2.46. The van der Waals surface area contributed by atoms with Crippen LogP contribution in [0.15, 0.2) is 103 Å². The molecule has 5 rings (SSSR count). The topological polar surface area (TPSA) is 206 Å². The lowest BCUT2D eigenvalue weighted by molar-refractivity contribution is -0.114. The SMILES string of the molecule is CCOP(=O)(CCNC(=O)c1cccc(CN2C(=O)N(Cc3ccc(N)c(C(N)=[NH2+])c3)[C@H](Cc3ccccc3)[C@H](O)[C@@H](O)[C@H]2Cc2ccccc2)c1)OCC. The summed E-state index contributed by atoms with van der Waals surface area (Å²) in [6.45, 7) is 4.00. The molecule has 1 aliphatic rings. The second-order valence-corrected chi connectivity index (χ2v) is 15.7. The second-order valence-electron chi connectivity index (χ2n) is 13.5. The highest BCUT2D eigenvalue weighted by atomic mass is 31.2. The van der Waals surface area contributed by atoms with Crippen molar-refractivity contribution in [2.24, 2.45) is 5.73 Å². The number of hydrogen-bond acceptors (Lipinski definition) is 8. The Kier molecular flexibility index (Phi) is 14.2. The molecule has 1 heterocycles. The van der Waals surface area contributed by atoms with Gasteiger partial charge in [0.15, 0.2) is 0 Å². The first-order valence-electron chi connectivity index (χ1n) is 18.5. The standard InChI is InChI=1S/C41H51N6O7P/c1-3-53-55(52,54-4-2)21-20-45-40(50)32-17-11-16-30(22-32)26-46-35(24-28-12-7-5-8-13-28)37(48)38(49)36(25-29-14-9-6-10-15-29)47(41(46)51)27-31-18-19-34(42)33(23-31)39(43)44/h5-19,22-23,35-38,48-49H,3-4,20-21,24-27,42H2,1-2H3,(H3,43,44)(H,45,50)/p+1/t35-,36-,37+,38+/m1/s1. The summed E-state index contributed by atoms with van der Waals surface area (Å²) in [5.41, 5.74) is 16.3. The van der Waals surface area contributed by atoms with Crippen LogP contribution < -0.4 is 22.2 Å².